The molecule has 1 heteroatoms. The van der Waals surface area contributed by atoms with Crippen molar-refractivity contribution in [3.05, 3.63) is 83.1 Å². The molecular formula is C23H29N. The maximum atomic E-state index is 3.41. The fourth-order valence-corrected chi connectivity index (χ4v) is 2.91. The first-order chi connectivity index (χ1) is 11.7. The Labute approximate surface area is 147 Å². The van der Waals surface area contributed by atoms with Gasteiger partial charge in [0, 0.05) is 11.9 Å². The van der Waals surface area contributed by atoms with Gasteiger partial charge in [0.15, 0.2) is 0 Å². The van der Waals surface area contributed by atoms with Crippen LogP contribution in [0, 0.1) is 0 Å². The van der Waals surface area contributed by atoms with E-state index in [4.69, 9.17) is 0 Å². The summed E-state index contributed by atoms with van der Waals surface area (Å²) in [5.74, 6) is 0. The van der Waals surface area contributed by atoms with Crippen LogP contribution in [0.15, 0.2) is 60.8 Å². The number of rotatable bonds is 7. The predicted octanol–water partition coefficient (Wildman–Crippen LogP) is 6.40. The molecule has 0 saturated heterocycles. The molecular weight excluding hydrogens is 290 g/mol. The summed E-state index contributed by atoms with van der Waals surface area (Å²) in [6.07, 6.45) is 9.57. The van der Waals surface area contributed by atoms with Gasteiger partial charge in [0.2, 0.25) is 0 Å². The summed E-state index contributed by atoms with van der Waals surface area (Å²) >= 11 is 0. The number of hydrogen-bond donors (Lipinski definition) is 1. The standard InChI is InChI=1S/C23H29N/c1-5-18-9-11-22(12-10-18)20(7-3)15-16-24-23-14-13-19(6-2)21(8-4)17-23/h7,9-17,24H,5-6,8H2,1-4H3/b16-15+,20-7+. The van der Waals surface area contributed by atoms with E-state index in [0.717, 1.165) is 24.9 Å². The van der Waals surface area contributed by atoms with E-state index in [2.05, 4.69) is 87.6 Å². The van der Waals surface area contributed by atoms with Gasteiger partial charge in [-0.2, -0.15) is 0 Å². The van der Waals surface area contributed by atoms with Crippen LogP contribution in [0.5, 0.6) is 0 Å². The maximum Gasteiger partial charge on any atom is 0.0382 e. The van der Waals surface area contributed by atoms with Gasteiger partial charge in [0.05, 0.1) is 0 Å². The zero-order valence-electron chi connectivity index (χ0n) is 15.4. The van der Waals surface area contributed by atoms with E-state index in [1.807, 2.05) is 6.20 Å². The van der Waals surface area contributed by atoms with Gasteiger partial charge in [-0.05, 0) is 72.2 Å². The van der Waals surface area contributed by atoms with Crippen molar-refractivity contribution >= 4 is 11.3 Å². The van der Waals surface area contributed by atoms with Crippen molar-refractivity contribution in [2.75, 3.05) is 5.32 Å². The normalized spacial score (nSPS) is 11.9. The molecule has 0 amide bonds. The molecule has 0 saturated carbocycles. The minimum Gasteiger partial charge on any atom is -0.362 e. The van der Waals surface area contributed by atoms with Crippen LogP contribution in [0.1, 0.15) is 49.9 Å². The fraction of sp³-hybridized carbons (Fsp3) is 0.304. The molecule has 2 aromatic rings. The third-order valence-corrected chi connectivity index (χ3v) is 4.49. The van der Waals surface area contributed by atoms with E-state index in [1.54, 1.807) is 0 Å². The minimum atomic E-state index is 1.08. The molecule has 0 atom stereocenters. The van der Waals surface area contributed by atoms with Crippen LogP contribution in [0.2, 0.25) is 0 Å². The zero-order chi connectivity index (χ0) is 17.4. The second-order valence-corrected chi connectivity index (χ2v) is 5.96. The summed E-state index contributed by atoms with van der Waals surface area (Å²) in [7, 11) is 0. The summed E-state index contributed by atoms with van der Waals surface area (Å²) in [6, 6.07) is 15.5. The van der Waals surface area contributed by atoms with Crippen LogP contribution in [0.25, 0.3) is 5.57 Å². The highest BCUT2D eigenvalue weighted by Crippen LogP contribution is 2.19. The Bertz CT molecular complexity index is 705. The molecule has 1 N–H and O–H groups in total. The molecule has 0 aliphatic rings. The van der Waals surface area contributed by atoms with Crippen LogP contribution in [0.4, 0.5) is 5.69 Å². The summed E-state index contributed by atoms with van der Waals surface area (Å²) in [5, 5.41) is 3.41. The molecule has 0 aromatic heterocycles. The first-order valence-electron chi connectivity index (χ1n) is 9.02. The third kappa shape index (κ3) is 4.61. The van der Waals surface area contributed by atoms with Gasteiger partial charge in [0.25, 0.3) is 0 Å². The number of allylic oxidation sites excluding steroid dienone is 3. The van der Waals surface area contributed by atoms with E-state index in [0.29, 0.717) is 0 Å². The quantitative estimate of drug-likeness (QED) is 0.582. The lowest BCUT2D eigenvalue weighted by Crippen LogP contribution is -1.94. The minimum absolute atomic E-state index is 1.08. The predicted molar refractivity (Wildman–Crippen MR) is 107 cm³/mol. The van der Waals surface area contributed by atoms with E-state index in [9.17, 15) is 0 Å². The van der Waals surface area contributed by atoms with Gasteiger partial charge in [0.1, 0.15) is 0 Å². The Balaban J connectivity index is 2.08. The Morgan fingerprint density at radius 2 is 1.58 bits per heavy atom. The van der Waals surface area contributed by atoms with Gasteiger partial charge in [-0.1, -0.05) is 57.2 Å². The molecule has 0 fully saturated rings. The zero-order valence-corrected chi connectivity index (χ0v) is 15.4. The molecule has 2 aromatic carbocycles. The number of anilines is 1. The summed E-state index contributed by atoms with van der Waals surface area (Å²) in [6.45, 7) is 8.69. The van der Waals surface area contributed by atoms with Gasteiger partial charge >= 0.3 is 0 Å². The first-order valence-corrected chi connectivity index (χ1v) is 9.02. The monoisotopic (exact) mass is 319 g/mol. The average molecular weight is 319 g/mol. The smallest absolute Gasteiger partial charge is 0.0382 e. The highest BCUT2D eigenvalue weighted by Gasteiger charge is 2.00. The Morgan fingerprint density at radius 1 is 0.875 bits per heavy atom. The first kappa shape index (κ1) is 18.1. The van der Waals surface area contributed by atoms with Crippen molar-refractivity contribution in [3.63, 3.8) is 0 Å². The van der Waals surface area contributed by atoms with Crippen molar-refractivity contribution in [1.82, 2.24) is 0 Å². The van der Waals surface area contributed by atoms with Crippen LogP contribution in [-0.4, -0.2) is 0 Å². The number of hydrogen-bond acceptors (Lipinski definition) is 1. The van der Waals surface area contributed by atoms with Crippen molar-refractivity contribution in [3.8, 4) is 0 Å². The second kappa shape index (κ2) is 9.12. The average Bonchev–Trinajstić information content (AvgIpc) is 2.65. The lowest BCUT2D eigenvalue weighted by atomic mass is 10.0. The highest BCUT2D eigenvalue weighted by atomic mass is 14.8. The lowest BCUT2D eigenvalue weighted by Gasteiger charge is -2.09. The second-order valence-electron chi connectivity index (χ2n) is 5.96. The summed E-state index contributed by atoms with van der Waals surface area (Å²) in [5.41, 5.74) is 7.88. The van der Waals surface area contributed by atoms with Crippen molar-refractivity contribution < 1.29 is 0 Å². The number of aryl methyl sites for hydroxylation is 3. The molecule has 0 bridgehead atoms. The van der Waals surface area contributed by atoms with Gasteiger partial charge in [-0.25, -0.2) is 0 Å². The molecule has 1 nitrogen and oxygen atoms in total. The SMILES string of the molecule is C/C=C(\C=C\Nc1ccc(CC)c(CC)c1)c1ccc(CC)cc1. The molecule has 0 unspecified atom stereocenters. The summed E-state index contributed by atoms with van der Waals surface area (Å²) in [4.78, 5) is 0. The van der Waals surface area contributed by atoms with Crippen molar-refractivity contribution in [1.29, 1.82) is 0 Å². The van der Waals surface area contributed by atoms with E-state index in [-0.39, 0.29) is 0 Å². The molecule has 126 valence electrons. The lowest BCUT2D eigenvalue weighted by molar-refractivity contribution is 1.04. The fourth-order valence-electron chi connectivity index (χ4n) is 2.91. The molecule has 0 heterocycles. The van der Waals surface area contributed by atoms with Gasteiger partial charge < -0.3 is 5.32 Å². The van der Waals surface area contributed by atoms with Crippen LogP contribution >= 0.6 is 0 Å². The van der Waals surface area contributed by atoms with Gasteiger partial charge in [-0.15, -0.1) is 0 Å². The van der Waals surface area contributed by atoms with Gasteiger partial charge in [-0.3, -0.25) is 0 Å². The third-order valence-electron chi connectivity index (χ3n) is 4.49. The van der Waals surface area contributed by atoms with Crippen LogP contribution in [-0.2, 0) is 19.3 Å². The molecule has 0 spiro atoms. The highest BCUT2D eigenvalue weighted by molar-refractivity contribution is 5.74. The molecule has 0 aliphatic carbocycles. The number of benzene rings is 2. The summed E-state index contributed by atoms with van der Waals surface area (Å²) < 4.78 is 0. The Hall–Kier alpha value is -2.28. The maximum absolute atomic E-state index is 3.41. The molecule has 2 rings (SSSR count). The Kier molecular flexibility index (Phi) is 6.87. The van der Waals surface area contributed by atoms with Crippen LogP contribution in [0.3, 0.4) is 0 Å². The molecule has 0 aliphatic heterocycles. The molecule has 24 heavy (non-hydrogen) atoms. The van der Waals surface area contributed by atoms with Crippen molar-refractivity contribution in [2.24, 2.45) is 0 Å². The topological polar surface area (TPSA) is 12.0 Å². The van der Waals surface area contributed by atoms with E-state index >= 15 is 0 Å². The molecule has 0 radical (unpaired) electrons. The van der Waals surface area contributed by atoms with E-state index < -0.39 is 0 Å². The van der Waals surface area contributed by atoms with E-state index in [1.165, 1.54) is 27.8 Å². The largest absolute Gasteiger partial charge is 0.362 e. The Morgan fingerprint density at radius 3 is 2.17 bits per heavy atom. The van der Waals surface area contributed by atoms with Crippen LogP contribution < -0.4 is 5.32 Å². The van der Waals surface area contributed by atoms with Crippen molar-refractivity contribution in [2.45, 2.75) is 47.0 Å². The number of nitrogens with one attached hydrogen (secondary N) is 1.